The summed E-state index contributed by atoms with van der Waals surface area (Å²) in [5, 5.41) is 0. The zero-order valence-electron chi connectivity index (χ0n) is 12.4. The minimum atomic E-state index is 0.122. The summed E-state index contributed by atoms with van der Waals surface area (Å²) in [6.45, 7) is 1.65. The van der Waals surface area contributed by atoms with Crippen molar-refractivity contribution in [3.8, 4) is 0 Å². The highest BCUT2D eigenvalue weighted by Crippen LogP contribution is 2.34. The van der Waals surface area contributed by atoms with Crippen molar-refractivity contribution in [1.29, 1.82) is 0 Å². The topological polar surface area (TPSA) is 38.5 Å². The summed E-state index contributed by atoms with van der Waals surface area (Å²) in [5.74, 6) is 0. The lowest BCUT2D eigenvalue weighted by molar-refractivity contribution is 0.000498. The summed E-state index contributed by atoms with van der Waals surface area (Å²) in [4.78, 5) is 2.43. The van der Waals surface area contributed by atoms with Gasteiger partial charge in [-0.1, -0.05) is 28.1 Å². The smallest absolute Gasteiger partial charge is 0.0572 e. The number of methoxy groups -OCH3 is 1. The molecule has 0 aliphatic heterocycles. The lowest BCUT2D eigenvalue weighted by Crippen LogP contribution is -2.54. The maximum atomic E-state index is 6.12. The fourth-order valence-electron chi connectivity index (χ4n) is 3.18. The van der Waals surface area contributed by atoms with E-state index in [0.717, 1.165) is 36.7 Å². The number of nitrogens with zero attached hydrogens (tertiary/aromatic N) is 1. The van der Waals surface area contributed by atoms with Gasteiger partial charge in [-0.05, 0) is 50.4 Å². The van der Waals surface area contributed by atoms with E-state index < -0.39 is 0 Å². The molecule has 1 aromatic rings. The van der Waals surface area contributed by atoms with E-state index in [4.69, 9.17) is 10.5 Å². The fourth-order valence-corrected chi connectivity index (χ4v) is 3.63. The van der Waals surface area contributed by atoms with Crippen LogP contribution in [0.1, 0.15) is 31.2 Å². The molecule has 112 valence electrons. The summed E-state index contributed by atoms with van der Waals surface area (Å²) >= 11 is 3.54. The minimum absolute atomic E-state index is 0.122. The predicted octanol–water partition coefficient (Wildman–Crippen LogP) is 3.17. The van der Waals surface area contributed by atoms with Crippen molar-refractivity contribution in [2.75, 3.05) is 20.7 Å². The SMILES string of the molecule is COC1CCC(CN)(N(C)Cc2cccc(Br)c2)CC1. The second kappa shape index (κ2) is 7.03. The van der Waals surface area contributed by atoms with E-state index in [1.165, 1.54) is 5.56 Å². The summed E-state index contributed by atoms with van der Waals surface area (Å²) in [6, 6.07) is 8.50. The van der Waals surface area contributed by atoms with Crippen LogP contribution in [0, 0.1) is 0 Å². The van der Waals surface area contributed by atoms with Gasteiger partial charge in [-0.15, -0.1) is 0 Å². The third-order valence-corrected chi connectivity index (χ3v) is 5.19. The Hall–Kier alpha value is -0.420. The van der Waals surface area contributed by atoms with Gasteiger partial charge in [-0.25, -0.2) is 0 Å². The number of hydrogen-bond donors (Lipinski definition) is 1. The molecule has 20 heavy (non-hydrogen) atoms. The molecule has 1 aliphatic carbocycles. The minimum Gasteiger partial charge on any atom is -0.381 e. The molecule has 0 aromatic heterocycles. The zero-order chi connectivity index (χ0) is 14.6. The molecule has 1 saturated carbocycles. The molecule has 0 atom stereocenters. The van der Waals surface area contributed by atoms with Crippen molar-refractivity contribution >= 4 is 15.9 Å². The van der Waals surface area contributed by atoms with Crippen LogP contribution in [0.25, 0.3) is 0 Å². The molecule has 0 amide bonds. The number of rotatable bonds is 5. The Kier molecular flexibility index (Phi) is 5.61. The Morgan fingerprint density at radius 3 is 2.65 bits per heavy atom. The summed E-state index contributed by atoms with van der Waals surface area (Å²) < 4.78 is 6.61. The van der Waals surface area contributed by atoms with E-state index in [1.807, 2.05) is 7.11 Å². The third-order valence-electron chi connectivity index (χ3n) is 4.70. The Labute approximate surface area is 130 Å². The van der Waals surface area contributed by atoms with Gasteiger partial charge in [0.2, 0.25) is 0 Å². The van der Waals surface area contributed by atoms with Crippen molar-refractivity contribution in [2.45, 2.75) is 43.9 Å². The molecular weight excluding hydrogens is 316 g/mol. The van der Waals surface area contributed by atoms with Gasteiger partial charge in [0, 0.05) is 30.2 Å². The quantitative estimate of drug-likeness (QED) is 0.894. The van der Waals surface area contributed by atoms with Gasteiger partial charge in [0.15, 0.2) is 0 Å². The van der Waals surface area contributed by atoms with Crippen molar-refractivity contribution in [3.05, 3.63) is 34.3 Å². The first kappa shape index (κ1) is 16.0. The van der Waals surface area contributed by atoms with Crippen LogP contribution in [-0.2, 0) is 11.3 Å². The molecule has 4 heteroatoms. The van der Waals surface area contributed by atoms with Gasteiger partial charge in [0.1, 0.15) is 0 Å². The molecule has 0 heterocycles. The molecule has 0 bridgehead atoms. The summed E-state index contributed by atoms with van der Waals surface area (Å²) in [7, 11) is 4.01. The number of likely N-dealkylation sites (N-methyl/N-ethyl adjacent to an activating group) is 1. The van der Waals surface area contributed by atoms with Crippen molar-refractivity contribution in [2.24, 2.45) is 5.73 Å². The molecule has 0 unspecified atom stereocenters. The Morgan fingerprint density at radius 1 is 1.40 bits per heavy atom. The second-order valence-electron chi connectivity index (χ2n) is 5.85. The summed E-state index contributed by atoms with van der Waals surface area (Å²) in [5.41, 5.74) is 7.56. The highest BCUT2D eigenvalue weighted by atomic mass is 79.9. The molecule has 0 saturated heterocycles. The highest BCUT2D eigenvalue weighted by molar-refractivity contribution is 9.10. The average molecular weight is 341 g/mol. The standard InChI is InChI=1S/C16H25BrN2O/c1-19(11-13-4-3-5-14(17)10-13)16(12-18)8-6-15(20-2)7-9-16/h3-5,10,15H,6-9,11-12,18H2,1-2H3. The largest absolute Gasteiger partial charge is 0.381 e. The zero-order valence-corrected chi connectivity index (χ0v) is 14.0. The van der Waals surface area contributed by atoms with Gasteiger partial charge in [-0.3, -0.25) is 4.90 Å². The van der Waals surface area contributed by atoms with Crippen LogP contribution in [-0.4, -0.2) is 37.2 Å². The number of halogens is 1. The van der Waals surface area contributed by atoms with Crippen molar-refractivity contribution in [1.82, 2.24) is 4.90 Å². The first-order valence-electron chi connectivity index (χ1n) is 7.28. The van der Waals surface area contributed by atoms with Gasteiger partial charge in [0.25, 0.3) is 0 Å². The molecule has 1 aliphatic rings. The first-order valence-corrected chi connectivity index (χ1v) is 8.07. The molecule has 0 radical (unpaired) electrons. The van der Waals surface area contributed by atoms with Gasteiger partial charge < -0.3 is 10.5 Å². The monoisotopic (exact) mass is 340 g/mol. The van der Waals surface area contributed by atoms with Gasteiger partial charge in [0.05, 0.1) is 6.10 Å². The first-order chi connectivity index (χ1) is 9.59. The average Bonchev–Trinajstić information content (AvgIpc) is 2.47. The molecular formula is C16H25BrN2O. The van der Waals surface area contributed by atoms with Crippen molar-refractivity contribution in [3.63, 3.8) is 0 Å². The van der Waals surface area contributed by atoms with Gasteiger partial charge in [-0.2, -0.15) is 0 Å². The number of ether oxygens (including phenoxy) is 1. The molecule has 1 fully saturated rings. The lowest BCUT2D eigenvalue weighted by atomic mass is 9.79. The fraction of sp³-hybridized carbons (Fsp3) is 0.625. The van der Waals surface area contributed by atoms with E-state index in [1.54, 1.807) is 0 Å². The van der Waals surface area contributed by atoms with Crippen LogP contribution in [0.2, 0.25) is 0 Å². The van der Waals surface area contributed by atoms with E-state index >= 15 is 0 Å². The number of hydrogen-bond acceptors (Lipinski definition) is 3. The summed E-state index contributed by atoms with van der Waals surface area (Å²) in [6.07, 6.45) is 4.86. The maximum absolute atomic E-state index is 6.12. The molecule has 2 N–H and O–H groups in total. The van der Waals surface area contributed by atoms with Crippen LogP contribution in [0.3, 0.4) is 0 Å². The maximum Gasteiger partial charge on any atom is 0.0572 e. The van der Waals surface area contributed by atoms with Crippen LogP contribution in [0.4, 0.5) is 0 Å². The van der Waals surface area contributed by atoms with Gasteiger partial charge >= 0.3 is 0 Å². The van der Waals surface area contributed by atoms with Crippen LogP contribution < -0.4 is 5.73 Å². The van der Waals surface area contributed by atoms with E-state index in [9.17, 15) is 0 Å². The molecule has 0 spiro atoms. The highest BCUT2D eigenvalue weighted by Gasteiger charge is 2.37. The Morgan fingerprint density at radius 2 is 2.10 bits per heavy atom. The predicted molar refractivity (Wildman–Crippen MR) is 86.7 cm³/mol. The Balaban J connectivity index is 2.04. The van der Waals surface area contributed by atoms with Crippen LogP contribution >= 0.6 is 15.9 Å². The van der Waals surface area contributed by atoms with E-state index in [0.29, 0.717) is 12.6 Å². The van der Waals surface area contributed by atoms with Crippen LogP contribution in [0.15, 0.2) is 28.7 Å². The molecule has 1 aromatic carbocycles. The number of benzene rings is 1. The normalized spacial score (nSPS) is 26.9. The third kappa shape index (κ3) is 3.61. The number of nitrogens with two attached hydrogens (primary N) is 1. The lowest BCUT2D eigenvalue weighted by Gasteiger charge is -2.45. The molecule has 3 nitrogen and oxygen atoms in total. The van der Waals surface area contributed by atoms with Crippen molar-refractivity contribution < 1.29 is 4.74 Å². The second-order valence-corrected chi connectivity index (χ2v) is 6.77. The Bertz CT molecular complexity index is 430. The van der Waals surface area contributed by atoms with E-state index in [-0.39, 0.29) is 5.54 Å². The molecule has 2 rings (SSSR count). The van der Waals surface area contributed by atoms with Crippen LogP contribution in [0.5, 0.6) is 0 Å². The van der Waals surface area contributed by atoms with E-state index in [2.05, 4.69) is 52.1 Å².